The van der Waals surface area contributed by atoms with E-state index < -0.39 is 5.97 Å². The summed E-state index contributed by atoms with van der Waals surface area (Å²) in [6.07, 6.45) is 0.432. The lowest BCUT2D eigenvalue weighted by atomic mass is 9.99. The Morgan fingerprint density at radius 2 is 2.11 bits per heavy atom. The van der Waals surface area contributed by atoms with Crippen LogP contribution in [0.5, 0.6) is 0 Å². The van der Waals surface area contributed by atoms with Gasteiger partial charge in [-0.1, -0.05) is 12.1 Å². The van der Waals surface area contributed by atoms with Gasteiger partial charge in [0, 0.05) is 6.42 Å². The van der Waals surface area contributed by atoms with Crippen molar-refractivity contribution in [1.82, 2.24) is 0 Å². The molecule has 0 aliphatic heterocycles. The first kappa shape index (κ1) is 13.9. The quantitative estimate of drug-likeness (QED) is 0.745. The number of carbonyl (C=O) groups is 2. The number of benzene rings is 1. The van der Waals surface area contributed by atoms with Crippen LogP contribution in [0.4, 0.5) is 0 Å². The van der Waals surface area contributed by atoms with Crippen molar-refractivity contribution in [1.29, 1.82) is 5.26 Å². The summed E-state index contributed by atoms with van der Waals surface area (Å²) in [5, 5.41) is 8.76. The lowest BCUT2D eigenvalue weighted by molar-refractivity contribution is -0.116. The third-order valence-corrected chi connectivity index (χ3v) is 2.39. The summed E-state index contributed by atoms with van der Waals surface area (Å²) < 4.78 is 4.92. The van der Waals surface area contributed by atoms with Crippen LogP contribution in [0.25, 0.3) is 0 Å². The fourth-order valence-electron chi connectivity index (χ4n) is 1.68. The number of nitriles is 1. The highest BCUT2D eigenvalue weighted by atomic mass is 16.5. The number of hydrogen-bond donors (Lipinski definition) is 0. The second-order valence-electron chi connectivity index (χ2n) is 3.93. The minimum Gasteiger partial charge on any atom is -0.462 e. The van der Waals surface area contributed by atoms with Crippen LogP contribution in [0.1, 0.15) is 35.3 Å². The maximum Gasteiger partial charge on any atom is 0.338 e. The second-order valence-corrected chi connectivity index (χ2v) is 3.93. The Morgan fingerprint density at radius 3 is 2.67 bits per heavy atom. The maximum absolute atomic E-state index is 11.7. The van der Waals surface area contributed by atoms with E-state index in [0.717, 1.165) is 5.56 Å². The predicted molar refractivity (Wildman–Crippen MR) is 66.1 cm³/mol. The smallest absolute Gasteiger partial charge is 0.338 e. The van der Waals surface area contributed by atoms with Gasteiger partial charge in [0.2, 0.25) is 0 Å². The lowest BCUT2D eigenvalue weighted by Crippen LogP contribution is -2.09. The number of nitrogens with zero attached hydrogens (tertiary/aromatic N) is 1. The van der Waals surface area contributed by atoms with Crippen molar-refractivity contribution < 1.29 is 14.3 Å². The Bertz CT molecular complexity index is 500. The molecule has 94 valence electrons. The van der Waals surface area contributed by atoms with Gasteiger partial charge >= 0.3 is 5.97 Å². The molecular formula is C14H15NO3. The Balaban J connectivity index is 3.08. The van der Waals surface area contributed by atoms with E-state index in [2.05, 4.69) is 0 Å². The highest BCUT2D eigenvalue weighted by Gasteiger charge is 2.13. The second kappa shape index (κ2) is 6.55. The highest BCUT2D eigenvalue weighted by molar-refractivity contribution is 5.91. The molecule has 0 aliphatic carbocycles. The largest absolute Gasteiger partial charge is 0.462 e. The molecule has 0 unspecified atom stereocenters. The van der Waals surface area contributed by atoms with Crippen LogP contribution >= 0.6 is 0 Å². The van der Waals surface area contributed by atoms with Gasteiger partial charge in [0.15, 0.2) is 0 Å². The van der Waals surface area contributed by atoms with Crippen molar-refractivity contribution in [3.05, 3.63) is 34.9 Å². The summed E-state index contributed by atoms with van der Waals surface area (Å²) in [5.74, 6) is -0.390. The summed E-state index contributed by atoms with van der Waals surface area (Å²) in [5.41, 5.74) is 1.81. The molecule has 0 aliphatic rings. The van der Waals surface area contributed by atoms with E-state index >= 15 is 0 Å². The van der Waals surface area contributed by atoms with E-state index in [1.807, 2.05) is 6.07 Å². The monoisotopic (exact) mass is 245 g/mol. The Kier molecular flexibility index (Phi) is 5.06. The minimum absolute atomic E-state index is 0.0433. The van der Waals surface area contributed by atoms with Crippen molar-refractivity contribution in [2.45, 2.75) is 26.7 Å². The molecule has 4 heteroatoms. The first-order valence-corrected chi connectivity index (χ1v) is 5.73. The number of rotatable bonds is 5. The van der Waals surface area contributed by atoms with E-state index in [0.29, 0.717) is 24.2 Å². The van der Waals surface area contributed by atoms with Crippen molar-refractivity contribution in [2.24, 2.45) is 0 Å². The predicted octanol–water partition coefficient (Wildman–Crippen LogP) is 2.06. The van der Waals surface area contributed by atoms with Crippen LogP contribution in [0, 0.1) is 11.3 Å². The molecule has 0 radical (unpaired) electrons. The van der Waals surface area contributed by atoms with Crippen LogP contribution in [-0.2, 0) is 22.4 Å². The molecule has 0 atom stereocenters. The topological polar surface area (TPSA) is 67.2 Å². The van der Waals surface area contributed by atoms with E-state index in [1.54, 1.807) is 25.1 Å². The third-order valence-electron chi connectivity index (χ3n) is 2.39. The number of esters is 1. The molecule has 18 heavy (non-hydrogen) atoms. The van der Waals surface area contributed by atoms with Crippen LogP contribution in [-0.4, -0.2) is 18.4 Å². The lowest BCUT2D eigenvalue weighted by Gasteiger charge is -2.08. The molecule has 0 heterocycles. The van der Waals surface area contributed by atoms with Gasteiger partial charge in [-0.05, 0) is 31.0 Å². The van der Waals surface area contributed by atoms with Crippen LogP contribution in [0.15, 0.2) is 18.2 Å². The number of carbonyl (C=O) groups excluding carboxylic acids is 2. The average Bonchev–Trinajstić information content (AvgIpc) is 2.29. The van der Waals surface area contributed by atoms with Gasteiger partial charge in [-0.15, -0.1) is 0 Å². The molecule has 1 aromatic carbocycles. The molecular weight excluding hydrogens is 230 g/mol. The summed E-state index contributed by atoms with van der Waals surface area (Å²) in [4.78, 5) is 22.7. The average molecular weight is 245 g/mol. The first-order valence-electron chi connectivity index (χ1n) is 5.73. The minimum atomic E-state index is -0.433. The SMILES string of the molecule is CCOC(=O)c1ccc(CC(C)=O)cc1CC#N. The standard InChI is InChI=1S/C14H15NO3/c1-3-18-14(17)13-5-4-11(8-10(2)16)9-12(13)6-7-15/h4-5,9H,3,6,8H2,1-2H3. The van der Waals surface area contributed by atoms with Crippen LogP contribution < -0.4 is 0 Å². The zero-order valence-electron chi connectivity index (χ0n) is 10.5. The van der Waals surface area contributed by atoms with Crippen LogP contribution in [0.2, 0.25) is 0 Å². The van der Waals surface area contributed by atoms with Gasteiger partial charge in [0.25, 0.3) is 0 Å². The zero-order chi connectivity index (χ0) is 13.5. The van der Waals surface area contributed by atoms with Crippen molar-refractivity contribution in [3.8, 4) is 6.07 Å². The van der Waals surface area contributed by atoms with E-state index in [-0.39, 0.29) is 12.2 Å². The molecule has 1 aromatic rings. The third kappa shape index (κ3) is 3.70. The Hall–Kier alpha value is -2.15. The van der Waals surface area contributed by atoms with E-state index in [4.69, 9.17) is 10.00 Å². The molecule has 0 saturated carbocycles. The van der Waals surface area contributed by atoms with Gasteiger partial charge in [0.05, 0.1) is 24.7 Å². The van der Waals surface area contributed by atoms with Crippen LogP contribution in [0.3, 0.4) is 0 Å². The molecule has 0 amide bonds. The van der Waals surface area contributed by atoms with Gasteiger partial charge in [0.1, 0.15) is 5.78 Å². The van der Waals surface area contributed by atoms with Gasteiger partial charge in [-0.3, -0.25) is 4.79 Å². The van der Waals surface area contributed by atoms with Crippen molar-refractivity contribution in [2.75, 3.05) is 6.61 Å². The number of ketones is 1. The normalized spacial score (nSPS) is 9.61. The first-order chi connectivity index (χ1) is 8.58. The number of hydrogen-bond acceptors (Lipinski definition) is 4. The maximum atomic E-state index is 11.7. The Labute approximate surface area is 106 Å². The molecule has 0 bridgehead atoms. The van der Waals surface area contributed by atoms with Crippen molar-refractivity contribution in [3.63, 3.8) is 0 Å². The van der Waals surface area contributed by atoms with E-state index in [1.165, 1.54) is 6.92 Å². The summed E-state index contributed by atoms with van der Waals surface area (Å²) >= 11 is 0. The fraction of sp³-hybridized carbons (Fsp3) is 0.357. The fourth-order valence-corrected chi connectivity index (χ4v) is 1.68. The van der Waals surface area contributed by atoms with Crippen molar-refractivity contribution >= 4 is 11.8 Å². The molecule has 1 rings (SSSR count). The van der Waals surface area contributed by atoms with E-state index in [9.17, 15) is 9.59 Å². The van der Waals surface area contributed by atoms with Gasteiger partial charge in [-0.2, -0.15) is 5.26 Å². The summed E-state index contributed by atoms with van der Waals surface area (Å²) in [7, 11) is 0. The zero-order valence-corrected chi connectivity index (χ0v) is 10.5. The van der Waals surface area contributed by atoms with Gasteiger partial charge in [-0.25, -0.2) is 4.79 Å². The molecule has 0 spiro atoms. The molecule has 0 N–H and O–H groups in total. The molecule has 0 fully saturated rings. The highest BCUT2D eigenvalue weighted by Crippen LogP contribution is 2.15. The number of ether oxygens (including phenoxy) is 1. The summed E-state index contributed by atoms with van der Waals surface area (Å²) in [6.45, 7) is 3.52. The molecule has 0 saturated heterocycles. The Morgan fingerprint density at radius 1 is 1.39 bits per heavy atom. The van der Waals surface area contributed by atoms with Gasteiger partial charge < -0.3 is 4.74 Å². The molecule has 0 aromatic heterocycles. The number of Topliss-reactive ketones (excluding diaryl/α,β-unsaturated/α-hetero) is 1. The molecule has 4 nitrogen and oxygen atoms in total. The summed E-state index contributed by atoms with van der Waals surface area (Å²) in [6, 6.07) is 7.06.